The predicted octanol–water partition coefficient (Wildman–Crippen LogP) is 3.47. The van der Waals surface area contributed by atoms with E-state index in [0.29, 0.717) is 0 Å². The van der Waals surface area contributed by atoms with Gasteiger partial charge in [0.2, 0.25) is 0 Å². The second-order valence-corrected chi connectivity index (χ2v) is 5.23. The molecule has 1 heterocycles. The molecule has 2 aromatic carbocycles. The van der Waals surface area contributed by atoms with E-state index in [1.54, 1.807) is 6.20 Å². The fourth-order valence-electron chi connectivity index (χ4n) is 2.37. The molecule has 0 atom stereocenters. The normalized spacial score (nSPS) is 10.7. The number of aromatic nitrogens is 2. The molecule has 0 spiro atoms. The Labute approximate surface area is 125 Å². The number of nitrogens with zero attached hydrogens (tertiary/aromatic N) is 2. The number of imidazole rings is 1. The summed E-state index contributed by atoms with van der Waals surface area (Å²) in [6.07, 6.45) is 5.55. The lowest BCUT2D eigenvalue weighted by Crippen LogP contribution is -2.12. The van der Waals surface area contributed by atoms with Crippen molar-refractivity contribution in [2.75, 3.05) is 0 Å². The number of hydrogen-bond donors (Lipinski definition) is 1. The van der Waals surface area contributed by atoms with Crippen molar-refractivity contribution < 1.29 is 0 Å². The highest BCUT2D eigenvalue weighted by Gasteiger charge is 1.97. The van der Waals surface area contributed by atoms with Crippen LogP contribution < -0.4 is 5.32 Å². The first-order valence-corrected chi connectivity index (χ1v) is 7.15. The average molecular weight is 277 g/mol. The van der Waals surface area contributed by atoms with E-state index in [1.807, 2.05) is 17.1 Å². The molecular formula is C18H19N3. The van der Waals surface area contributed by atoms with E-state index in [1.165, 1.54) is 16.7 Å². The summed E-state index contributed by atoms with van der Waals surface area (Å²) < 4.78 is 2.00. The zero-order valence-electron chi connectivity index (χ0n) is 12.2. The van der Waals surface area contributed by atoms with Gasteiger partial charge in [-0.2, -0.15) is 0 Å². The number of hydrogen-bond acceptors (Lipinski definition) is 2. The van der Waals surface area contributed by atoms with E-state index in [2.05, 4.69) is 65.8 Å². The van der Waals surface area contributed by atoms with Crippen molar-refractivity contribution in [3.05, 3.63) is 83.9 Å². The fraction of sp³-hybridized carbons (Fsp3) is 0.167. The summed E-state index contributed by atoms with van der Waals surface area (Å²) >= 11 is 0. The molecular weight excluding hydrogens is 258 g/mol. The van der Waals surface area contributed by atoms with Gasteiger partial charge in [-0.15, -0.1) is 0 Å². The number of aryl methyl sites for hydroxylation is 1. The first kappa shape index (κ1) is 13.6. The minimum Gasteiger partial charge on any atom is -0.309 e. The van der Waals surface area contributed by atoms with Gasteiger partial charge in [0.25, 0.3) is 0 Å². The molecule has 0 bridgehead atoms. The van der Waals surface area contributed by atoms with E-state index in [-0.39, 0.29) is 0 Å². The molecule has 3 heteroatoms. The molecule has 3 aromatic rings. The Hall–Kier alpha value is -2.39. The largest absolute Gasteiger partial charge is 0.309 e. The molecule has 0 fully saturated rings. The van der Waals surface area contributed by atoms with Gasteiger partial charge < -0.3 is 9.88 Å². The summed E-state index contributed by atoms with van der Waals surface area (Å²) in [6, 6.07) is 17.1. The SMILES string of the molecule is Cc1cccc(CNCc2ccc(-n3ccnc3)cc2)c1. The van der Waals surface area contributed by atoms with Crippen LogP contribution in [0.5, 0.6) is 0 Å². The average Bonchev–Trinajstić information content (AvgIpc) is 3.02. The van der Waals surface area contributed by atoms with Crippen LogP contribution in [0, 0.1) is 6.92 Å². The molecule has 0 amide bonds. The molecule has 0 radical (unpaired) electrons. The topological polar surface area (TPSA) is 29.9 Å². The van der Waals surface area contributed by atoms with Crippen molar-refractivity contribution in [1.82, 2.24) is 14.9 Å². The second kappa shape index (κ2) is 6.37. The van der Waals surface area contributed by atoms with Crippen LogP contribution in [0.15, 0.2) is 67.3 Å². The van der Waals surface area contributed by atoms with Crippen molar-refractivity contribution in [3.63, 3.8) is 0 Å². The summed E-state index contributed by atoms with van der Waals surface area (Å²) in [5.74, 6) is 0. The fourth-order valence-corrected chi connectivity index (χ4v) is 2.37. The Morgan fingerprint density at radius 3 is 2.52 bits per heavy atom. The van der Waals surface area contributed by atoms with Gasteiger partial charge in [0.05, 0.1) is 6.33 Å². The summed E-state index contributed by atoms with van der Waals surface area (Å²) in [5, 5.41) is 3.48. The van der Waals surface area contributed by atoms with Gasteiger partial charge in [0.1, 0.15) is 0 Å². The number of rotatable bonds is 5. The first-order valence-electron chi connectivity index (χ1n) is 7.15. The monoisotopic (exact) mass is 277 g/mol. The summed E-state index contributed by atoms with van der Waals surface area (Å²) in [7, 11) is 0. The van der Waals surface area contributed by atoms with Gasteiger partial charge in [-0.25, -0.2) is 4.98 Å². The Balaban J connectivity index is 1.56. The van der Waals surface area contributed by atoms with Gasteiger partial charge in [-0.05, 0) is 30.2 Å². The van der Waals surface area contributed by atoms with E-state index in [9.17, 15) is 0 Å². The summed E-state index contributed by atoms with van der Waals surface area (Å²) in [5.41, 5.74) is 5.05. The molecule has 0 aliphatic rings. The zero-order chi connectivity index (χ0) is 14.5. The second-order valence-electron chi connectivity index (χ2n) is 5.23. The molecule has 21 heavy (non-hydrogen) atoms. The van der Waals surface area contributed by atoms with Crippen LogP contribution in [0.2, 0.25) is 0 Å². The Kier molecular flexibility index (Phi) is 4.12. The van der Waals surface area contributed by atoms with Crippen LogP contribution >= 0.6 is 0 Å². The minimum absolute atomic E-state index is 0.873. The van der Waals surface area contributed by atoms with Gasteiger partial charge in [0.15, 0.2) is 0 Å². The van der Waals surface area contributed by atoms with Crippen LogP contribution in [0.4, 0.5) is 0 Å². The molecule has 3 rings (SSSR count). The van der Waals surface area contributed by atoms with Gasteiger partial charge >= 0.3 is 0 Å². The van der Waals surface area contributed by atoms with Crippen molar-refractivity contribution in [2.24, 2.45) is 0 Å². The molecule has 1 aromatic heterocycles. The van der Waals surface area contributed by atoms with E-state index >= 15 is 0 Å². The molecule has 0 aliphatic heterocycles. The lowest BCUT2D eigenvalue weighted by atomic mass is 10.1. The van der Waals surface area contributed by atoms with Crippen LogP contribution in [-0.2, 0) is 13.1 Å². The van der Waals surface area contributed by atoms with Gasteiger partial charge in [-0.3, -0.25) is 0 Å². The maximum Gasteiger partial charge on any atom is 0.0991 e. The highest BCUT2D eigenvalue weighted by molar-refractivity contribution is 5.34. The smallest absolute Gasteiger partial charge is 0.0991 e. The Morgan fingerprint density at radius 2 is 1.81 bits per heavy atom. The summed E-state index contributed by atoms with van der Waals surface area (Å²) in [6.45, 7) is 3.89. The highest BCUT2D eigenvalue weighted by atomic mass is 15.0. The number of nitrogens with one attached hydrogen (secondary N) is 1. The molecule has 0 unspecified atom stereocenters. The van der Waals surface area contributed by atoms with Crippen molar-refractivity contribution in [2.45, 2.75) is 20.0 Å². The van der Waals surface area contributed by atoms with Crippen LogP contribution in [-0.4, -0.2) is 9.55 Å². The molecule has 3 nitrogen and oxygen atoms in total. The van der Waals surface area contributed by atoms with Crippen molar-refractivity contribution in [3.8, 4) is 5.69 Å². The third-order valence-electron chi connectivity index (χ3n) is 3.48. The molecule has 0 aliphatic carbocycles. The van der Waals surface area contributed by atoms with E-state index in [4.69, 9.17) is 0 Å². The molecule has 0 saturated heterocycles. The predicted molar refractivity (Wildman–Crippen MR) is 85.3 cm³/mol. The van der Waals surface area contributed by atoms with E-state index < -0.39 is 0 Å². The van der Waals surface area contributed by atoms with Crippen molar-refractivity contribution in [1.29, 1.82) is 0 Å². The lowest BCUT2D eigenvalue weighted by molar-refractivity contribution is 0.693. The standard InChI is InChI=1S/C18H19N3/c1-15-3-2-4-17(11-15)13-20-12-16-5-7-18(8-6-16)21-10-9-19-14-21/h2-11,14,20H,12-13H2,1H3. The minimum atomic E-state index is 0.873. The molecule has 0 saturated carbocycles. The lowest BCUT2D eigenvalue weighted by Gasteiger charge is -2.07. The summed E-state index contributed by atoms with van der Waals surface area (Å²) in [4.78, 5) is 4.06. The first-order chi connectivity index (χ1) is 10.3. The Morgan fingerprint density at radius 1 is 1.00 bits per heavy atom. The quantitative estimate of drug-likeness (QED) is 0.774. The van der Waals surface area contributed by atoms with E-state index in [0.717, 1.165) is 18.8 Å². The maximum atomic E-state index is 4.06. The van der Waals surface area contributed by atoms with Gasteiger partial charge in [-0.1, -0.05) is 42.0 Å². The van der Waals surface area contributed by atoms with Crippen LogP contribution in [0.1, 0.15) is 16.7 Å². The third-order valence-corrected chi connectivity index (χ3v) is 3.48. The maximum absolute atomic E-state index is 4.06. The molecule has 106 valence electrons. The zero-order valence-corrected chi connectivity index (χ0v) is 12.2. The highest BCUT2D eigenvalue weighted by Crippen LogP contribution is 2.09. The molecule has 1 N–H and O–H groups in total. The number of benzene rings is 2. The Bertz CT molecular complexity index is 685. The third kappa shape index (κ3) is 3.58. The van der Waals surface area contributed by atoms with Gasteiger partial charge in [0, 0.05) is 31.2 Å². The van der Waals surface area contributed by atoms with Crippen molar-refractivity contribution >= 4 is 0 Å². The van der Waals surface area contributed by atoms with Crippen LogP contribution in [0.25, 0.3) is 5.69 Å². The van der Waals surface area contributed by atoms with Crippen LogP contribution in [0.3, 0.4) is 0 Å².